The molecule has 3 N–H and O–H groups in total. The second-order valence-corrected chi connectivity index (χ2v) is 10.1. The number of para-hydroxylation sites is 1. The van der Waals surface area contributed by atoms with Gasteiger partial charge in [0.1, 0.15) is 6.04 Å². The fraction of sp³-hybridized carbons (Fsp3) is 0.273. The Labute approximate surface area is 185 Å². The van der Waals surface area contributed by atoms with E-state index in [1.807, 2.05) is 30.3 Å². The third-order valence-corrected chi connectivity index (χ3v) is 6.71. The molecule has 4 aromatic rings. The van der Waals surface area contributed by atoms with E-state index >= 15 is 0 Å². The molecule has 2 aromatic carbocycles. The fourth-order valence-electron chi connectivity index (χ4n) is 3.88. The van der Waals surface area contributed by atoms with Gasteiger partial charge < -0.3 is 10.6 Å². The van der Waals surface area contributed by atoms with Crippen LogP contribution >= 0.6 is 0 Å². The van der Waals surface area contributed by atoms with E-state index in [9.17, 15) is 9.00 Å². The van der Waals surface area contributed by atoms with Gasteiger partial charge in [0.2, 0.25) is 11.9 Å². The summed E-state index contributed by atoms with van der Waals surface area (Å²) >= 11 is 0. The molecule has 1 amide bonds. The van der Waals surface area contributed by atoms with Crippen LogP contribution in [0.4, 0.5) is 5.95 Å². The zero-order valence-electron chi connectivity index (χ0n) is 17.5. The number of benzene rings is 2. The van der Waals surface area contributed by atoms with Gasteiger partial charge in [0.25, 0.3) is 0 Å². The fourth-order valence-corrected chi connectivity index (χ4v) is 4.57. The summed E-state index contributed by atoms with van der Waals surface area (Å²) in [5.74, 6) is 0.823. The Morgan fingerprint density at radius 3 is 2.84 bits per heavy atom. The van der Waals surface area contributed by atoms with Crippen LogP contribution in [-0.2, 0) is 14.5 Å². The highest BCUT2D eigenvalue weighted by Gasteiger charge is 2.23. The summed E-state index contributed by atoms with van der Waals surface area (Å²) in [6, 6.07) is 14.2. The summed E-state index contributed by atoms with van der Waals surface area (Å²) in [5.41, 5.74) is 2.01. The van der Waals surface area contributed by atoms with Crippen molar-refractivity contribution in [3.63, 3.8) is 0 Å². The van der Waals surface area contributed by atoms with Crippen LogP contribution in [0.25, 0.3) is 27.9 Å². The predicted octanol–water partition coefficient (Wildman–Crippen LogP) is 3.06. The molecule has 0 saturated carbocycles. The number of anilines is 1. The minimum absolute atomic E-state index is 0.0493. The molecule has 0 bridgehead atoms. The first-order valence-electron chi connectivity index (χ1n) is 10.4. The Morgan fingerprint density at radius 2 is 2.00 bits per heavy atom. The lowest BCUT2D eigenvalue weighted by molar-refractivity contribution is -0.121. The van der Waals surface area contributed by atoms with Crippen LogP contribution in [0.1, 0.15) is 19.3 Å². The molecule has 164 valence electrons. The molecule has 32 heavy (non-hydrogen) atoms. The molecule has 2 atom stereocenters. The van der Waals surface area contributed by atoms with Crippen molar-refractivity contribution in [2.75, 3.05) is 18.1 Å². The number of carbonyl (C=O) groups excluding carboxylic acids is 1. The molecule has 5 rings (SSSR count). The molecular weight excluding hydrogens is 426 g/mol. The van der Waals surface area contributed by atoms with Gasteiger partial charge in [0.15, 0.2) is 11.5 Å². The van der Waals surface area contributed by atoms with Crippen LogP contribution in [0.5, 0.6) is 0 Å². The van der Waals surface area contributed by atoms with E-state index in [4.69, 9.17) is 14.7 Å². The number of nitrogens with zero attached hydrogens (tertiary/aromatic N) is 4. The summed E-state index contributed by atoms with van der Waals surface area (Å²) in [5, 5.41) is 11.7. The molecule has 1 aliphatic heterocycles. The van der Waals surface area contributed by atoms with Crippen molar-refractivity contribution in [3.05, 3.63) is 48.5 Å². The summed E-state index contributed by atoms with van der Waals surface area (Å²) in [4.78, 5) is 22.4. The standard InChI is InChI=1S/C22H23N7O2S/c1-32(23,31)15-8-6-7-14(13-15)19-27-20-16-9-2-3-10-17(16)25-22(29(20)28-19)26-18-11-4-5-12-24-21(18)30/h2-3,6-10,13,18,23H,4-5,11-12H2,1H3,(H,24,30)(H,25,26)/t18-,32-/m1/s1. The van der Waals surface area contributed by atoms with E-state index < -0.39 is 15.8 Å². The highest BCUT2D eigenvalue weighted by atomic mass is 32.2. The number of rotatable bonds is 4. The largest absolute Gasteiger partial charge is 0.354 e. The number of carbonyl (C=O) groups is 1. The molecule has 9 nitrogen and oxygen atoms in total. The second-order valence-electron chi connectivity index (χ2n) is 7.98. The average Bonchev–Trinajstić information content (AvgIpc) is 3.14. The SMILES string of the molecule is C[S@@](=N)(=O)c1cccc(-c2nc3c4ccccc4nc(N[C@@H]4CCCCNC4=O)n3n2)c1. The zero-order valence-corrected chi connectivity index (χ0v) is 18.4. The maximum Gasteiger partial charge on any atom is 0.242 e. The normalized spacial score (nSPS) is 18.8. The summed E-state index contributed by atoms with van der Waals surface area (Å²) in [6.07, 6.45) is 3.98. The van der Waals surface area contributed by atoms with Gasteiger partial charge in [-0.3, -0.25) is 4.79 Å². The molecule has 0 aliphatic carbocycles. The van der Waals surface area contributed by atoms with Crippen molar-refractivity contribution < 1.29 is 9.00 Å². The van der Waals surface area contributed by atoms with Gasteiger partial charge in [-0.2, -0.15) is 4.52 Å². The topological polar surface area (TPSA) is 125 Å². The van der Waals surface area contributed by atoms with E-state index in [0.29, 0.717) is 40.8 Å². The number of hydrogen-bond acceptors (Lipinski definition) is 7. The van der Waals surface area contributed by atoms with Crippen LogP contribution in [-0.4, -0.2) is 48.5 Å². The van der Waals surface area contributed by atoms with Crippen molar-refractivity contribution in [1.82, 2.24) is 24.9 Å². The van der Waals surface area contributed by atoms with Crippen molar-refractivity contribution in [3.8, 4) is 11.4 Å². The summed E-state index contributed by atoms with van der Waals surface area (Å²) < 4.78 is 21.7. The number of aromatic nitrogens is 4. The van der Waals surface area contributed by atoms with Crippen LogP contribution in [0.3, 0.4) is 0 Å². The first-order chi connectivity index (χ1) is 15.4. The van der Waals surface area contributed by atoms with Gasteiger partial charge in [-0.1, -0.05) is 24.3 Å². The van der Waals surface area contributed by atoms with Crippen LogP contribution in [0.15, 0.2) is 53.4 Å². The minimum Gasteiger partial charge on any atom is -0.354 e. The van der Waals surface area contributed by atoms with Crippen LogP contribution < -0.4 is 10.6 Å². The Kier molecular flexibility index (Phi) is 5.01. The third kappa shape index (κ3) is 3.77. The van der Waals surface area contributed by atoms with Gasteiger partial charge in [0, 0.05) is 28.6 Å². The number of hydrogen-bond donors (Lipinski definition) is 3. The maximum absolute atomic E-state index is 12.5. The molecule has 1 aliphatic rings. The summed E-state index contributed by atoms with van der Waals surface area (Å²) in [6.45, 7) is 0.679. The molecule has 1 saturated heterocycles. The van der Waals surface area contributed by atoms with E-state index in [2.05, 4.69) is 15.7 Å². The third-order valence-electron chi connectivity index (χ3n) is 5.56. The van der Waals surface area contributed by atoms with Crippen LogP contribution in [0.2, 0.25) is 0 Å². The second kappa shape index (κ2) is 7.86. The zero-order chi connectivity index (χ0) is 22.3. The van der Waals surface area contributed by atoms with E-state index in [1.165, 1.54) is 6.26 Å². The van der Waals surface area contributed by atoms with Crippen molar-refractivity contribution in [1.29, 1.82) is 4.78 Å². The van der Waals surface area contributed by atoms with Gasteiger partial charge in [-0.25, -0.2) is 19.0 Å². The number of amides is 1. The lowest BCUT2D eigenvalue weighted by atomic mass is 10.1. The summed E-state index contributed by atoms with van der Waals surface area (Å²) in [7, 11) is -2.87. The highest BCUT2D eigenvalue weighted by molar-refractivity contribution is 7.91. The number of nitrogens with one attached hydrogen (secondary N) is 3. The average molecular weight is 450 g/mol. The Morgan fingerprint density at radius 1 is 1.16 bits per heavy atom. The maximum atomic E-state index is 12.5. The van der Waals surface area contributed by atoms with E-state index in [1.54, 1.807) is 22.7 Å². The van der Waals surface area contributed by atoms with Gasteiger partial charge >= 0.3 is 0 Å². The van der Waals surface area contributed by atoms with Crippen LogP contribution in [0, 0.1) is 4.78 Å². The predicted molar refractivity (Wildman–Crippen MR) is 123 cm³/mol. The molecule has 3 heterocycles. The molecule has 1 fully saturated rings. The van der Waals surface area contributed by atoms with Crippen molar-refractivity contribution in [2.45, 2.75) is 30.2 Å². The minimum atomic E-state index is -2.87. The number of fused-ring (bicyclic) bond motifs is 3. The van der Waals surface area contributed by atoms with Crippen molar-refractivity contribution in [2.24, 2.45) is 0 Å². The molecule has 0 unspecified atom stereocenters. The Bertz CT molecular complexity index is 1450. The molecule has 0 radical (unpaired) electrons. The van der Waals surface area contributed by atoms with Crippen molar-refractivity contribution >= 4 is 38.1 Å². The first kappa shape index (κ1) is 20.4. The van der Waals surface area contributed by atoms with Gasteiger partial charge in [0.05, 0.1) is 15.2 Å². The molecule has 0 spiro atoms. The van der Waals surface area contributed by atoms with Gasteiger partial charge in [-0.05, 0) is 43.5 Å². The highest BCUT2D eigenvalue weighted by Crippen LogP contribution is 2.26. The quantitative estimate of drug-likeness (QED) is 0.440. The monoisotopic (exact) mass is 449 g/mol. The van der Waals surface area contributed by atoms with E-state index in [0.717, 1.165) is 23.7 Å². The molecular formula is C22H23N7O2S. The first-order valence-corrected chi connectivity index (χ1v) is 12.4. The lowest BCUT2D eigenvalue weighted by Crippen LogP contribution is -2.38. The van der Waals surface area contributed by atoms with E-state index in [-0.39, 0.29) is 5.91 Å². The Balaban J connectivity index is 1.66. The smallest absolute Gasteiger partial charge is 0.242 e. The lowest BCUT2D eigenvalue weighted by Gasteiger charge is -2.16. The molecule has 2 aromatic heterocycles. The van der Waals surface area contributed by atoms with Gasteiger partial charge in [-0.15, -0.1) is 5.10 Å². The molecule has 10 heteroatoms. The Hall–Kier alpha value is -3.53.